The van der Waals surface area contributed by atoms with Gasteiger partial charge in [-0.25, -0.2) is 4.79 Å². The predicted octanol–water partition coefficient (Wildman–Crippen LogP) is 0.496. The van der Waals surface area contributed by atoms with Crippen LogP contribution in [0.2, 0.25) is 0 Å². The van der Waals surface area contributed by atoms with Crippen LogP contribution in [0.3, 0.4) is 0 Å². The van der Waals surface area contributed by atoms with Gasteiger partial charge >= 0.3 is 5.76 Å². The molecular weight excluding hydrogens is 196 g/mol. The van der Waals surface area contributed by atoms with Crippen LogP contribution in [0.1, 0.15) is 0 Å². The summed E-state index contributed by atoms with van der Waals surface area (Å²) in [6.07, 6.45) is 0. The summed E-state index contributed by atoms with van der Waals surface area (Å²) in [6.45, 7) is 0.00976. The summed E-state index contributed by atoms with van der Waals surface area (Å²) in [6, 6.07) is 9.14. The van der Waals surface area contributed by atoms with Crippen molar-refractivity contribution in [3.05, 3.63) is 40.9 Å². The zero-order valence-corrected chi connectivity index (χ0v) is 7.96. The molecule has 0 spiro atoms. The molecule has 2 aromatic rings. The van der Waals surface area contributed by atoms with Crippen LogP contribution >= 0.6 is 0 Å². The molecule has 0 atom stereocenters. The molecule has 5 heteroatoms. The molecule has 5 nitrogen and oxygen atoms in total. The van der Waals surface area contributed by atoms with Crippen molar-refractivity contribution in [3.8, 4) is 11.5 Å². The van der Waals surface area contributed by atoms with Crippen LogP contribution < -0.4 is 5.76 Å². The maximum absolute atomic E-state index is 11.2. The van der Waals surface area contributed by atoms with Gasteiger partial charge in [0.1, 0.15) is 0 Å². The Kier molecular flexibility index (Phi) is 2.64. The molecule has 15 heavy (non-hydrogen) atoms. The van der Waals surface area contributed by atoms with Crippen LogP contribution in [-0.2, 0) is 6.54 Å². The van der Waals surface area contributed by atoms with Crippen molar-refractivity contribution in [2.75, 3.05) is 6.61 Å². The molecule has 0 amide bonds. The quantitative estimate of drug-likeness (QED) is 0.793. The first-order chi connectivity index (χ1) is 7.31. The second-order valence-corrected chi connectivity index (χ2v) is 2.99. The lowest BCUT2D eigenvalue weighted by Gasteiger charge is -1.92. The van der Waals surface area contributed by atoms with E-state index < -0.39 is 5.76 Å². The fourth-order valence-corrected chi connectivity index (χ4v) is 1.24. The molecule has 1 N–H and O–H groups in total. The van der Waals surface area contributed by atoms with Crippen LogP contribution in [0, 0.1) is 0 Å². The second kappa shape index (κ2) is 4.10. The minimum Gasteiger partial charge on any atom is -0.394 e. The molecule has 2 rings (SSSR count). The minimum absolute atomic E-state index is 0.138. The summed E-state index contributed by atoms with van der Waals surface area (Å²) in [5.74, 6) is -0.281. The van der Waals surface area contributed by atoms with Crippen molar-refractivity contribution < 1.29 is 9.52 Å². The number of aliphatic hydroxyl groups is 1. The van der Waals surface area contributed by atoms with Crippen molar-refractivity contribution in [1.29, 1.82) is 0 Å². The van der Waals surface area contributed by atoms with Gasteiger partial charge in [-0.05, 0) is 12.1 Å². The van der Waals surface area contributed by atoms with Gasteiger partial charge in [-0.15, -0.1) is 5.10 Å². The third-order valence-electron chi connectivity index (χ3n) is 1.94. The molecule has 0 aliphatic carbocycles. The Morgan fingerprint density at radius 2 is 2.07 bits per heavy atom. The van der Waals surface area contributed by atoms with Crippen molar-refractivity contribution in [2.24, 2.45) is 0 Å². The highest BCUT2D eigenvalue weighted by atomic mass is 16.4. The van der Waals surface area contributed by atoms with Crippen molar-refractivity contribution in [1.82, 2.24) is 9.78 Å². The smallest absolute Gasteiger partial charge is 0.394 e. The fraction of sp³-hybridized carbons (Fsp3) is 0.200. The van der Waals surface area contributed by atoms with Gasteiger partial charge in [0.05, 0.1) is 13.2 Å². The van der Waals surface area contributed by atoms with E-state index in [1.54, 1.807) is 12.1 Å². The highest BCUT2D eigenvalue weighted by Gasteiger charge is 2.08. The first-order valence-electron chi connectivity index (χ1n) is 4.55. The normalized spacial score (nSPS) is 10.5. The summed E-state index contributed by atoms with van der Waals surface area (Å²) in [7, 11) is 0. The van der Waals surface area contributed by atoms with Gasteiger partial charge in [0.15, 0.2) is 0 Å². The Hall–Kier alpha value is -1.88. The third-order valence-corrected chi connectivity index (χ3v) is 1.94. The van der Waals surface area contributed by atoms with Crippen molar-refractivity contribution >= 4 is 0 Å². The topological polar surface area (TPSA) is 68.3 Å². The van der Waals surface area contributed by atoms with Gasteiger partial charge in [0.25, 0.3) is 0 Å². The van der Waals surface area contributed by atoms with E-state index >= 15 is 0 Å². The summed E-state index contributed by atoms with van der Waals surface area (Å²) < 4.78 is 6.04. The van der Waals surface area contributed by atoms with E-state index in [4.69, 9.17) is 9.52 Å². The van der Waals surface area contributed by atoms with Crippen molar-refractivity contribution in [3.63, 3.8) is 0 Å². The van der Waals surface area contributed by atoms with E-state index in [2.05, 4.69) is 5.10 Å². The first-order valence-corrected chi connectivity index (χ1v) is 4.55. The van der Waals surface area contributed by atoms with E-state index in [1.807, 2.05) is 18.2 Å². The molecule has 1 heterocycles. The van der Waals surface area contributed by atoms with Crippen LogP contribution in [0.5, 0.6) is 0 Å². The van der Waals surface area contributed by atoms with Gasteiger partial charge in [-0.1, -0.05) is 18.2 Å². The monoisotopic (exact) mass is 206 g/mol. The molecule has 0 radical (unpaired) electrons. The Labute approximate surface area is 85.6 Å². The van der Waals surface area contributed by atoms with Gasteiger partial charge in [-0.3, -0.25) is 0 Å². The molecule has 0 saturated carbocycles. The molecule has 1 aromatic carbocycles. The number of aliphatic hydroxyl groups excluding tert-OH is 1. The zero-order chi connectivity index (χ0) is 10.7. The predicted molar refractivity (Wildman–Crippen MR) is 53.3 cm³/mol. The van der Waals surface area contributed by atoms with E-state index in [0.29, 0.717) is 0 Å². The Bertz CT molecular complexity index is 487. The summed E-state index contributed by atoms with van der Waals surface area (Å²) in [5, 5.41) is 12.6. The molecule has 1 aromatic heterocycles. The van der Waals surface area contributed by atoms with Crippen LogP contribution in [0.15, 0.2) is 39.5 Å². The number of rotatable bonds is 3. The number of benzene rings is 1. The molecule has 0 aliphatic rings. The van der Waals surface area contributed by atoms with Crippen LogP contribution in [0.25, 0.3) is 11.5 Å². The van der Waals surface area contributed by atoms with Gasteiger partial charge in [0.2, 0.25) is 5.89 Å². The highest BCUT2D eigenvalue weighted by Crippen LogP contribution is 2.13. The van der Waals surface area contributed by atoms with Crippen LogP contribution in [-0.4, -0.2) is 21.5 Å². The standard InChI is InChI=1S/C10H10N2O3/c13-7-6-12-10(14)15-9(11-12)8-4-2-1-3-5-8/h1-5,13H,6-7H2. The summed E-state index contributed by atoms with van der Waals surface area (Å²) in [4.78, 5) is 11.2. The fourth-order valence-electron chi connectivity index (χ4n) is 1.24. The van der Waals surface area contributed by atoms with E-state index in [9.17, 15) is 4.79 Å². The number of hydrogen-bond donors (Lipinski definition) is 1. The van der Waals surface area contributed by atoms with Crippen LogP contribution in [0.4, 0.5) is 0 Å². The summed E-state index contributed by atoms with van der Waals surface area (Å²) >= 11 is 0. The van der Waals surface area contributed by atoms with E-state index in [1.165, 1.54) is 0 Å². The SMILES string of the molecule is O=c1oc(-c2ccccc2)nn1CCO. The van der Waals surface area contributed by atoms with Gasteiger partial charge in [-0.2, -0.15) is 4.68 Å². The highest BCUT2D eigenvalue weighted by molar-refractivity contribution is 5.51. The lowest BCUT2D eigenvalue weighted by Crippen LogP contribution is -2.17. The Morgan fingerprint density at radius 3 is 2.73 bits per heavy atom. The molecule has 0 bridgehead atoms. The molecule has 0 aliphatic heterocycles. The second-order valence-electron chi connectivity index (χ2n) is 2.99. The Morgan fingerprint density at radius 1 is 1.33 bits per heavy atom. The third kappa shape index (κ3) is 1.97. The minimum atomic E-state index is -0.553. The molecule has 0 saturated heterocycles. The molecule has 0 unspecified atom stereocenters. The summed E-state index contributed by atoms with van der Waals surface area (Å²) in [5.41, 5.74) is 0.742. The van der Waals surface area contributed by atoms with E-state index in [0.717, 1.165) is 10.2 Å². The average molecular weight is 206 g/mol. The lowest BCUT2D eigenvalue weighted by atomic mass is 10.2. The lowest BCUT2D eigenvalue weighted by molar-refractivity contribution is 0.264. The van der Waals surface area contributed by atoms with Crippen molar-refractivity contribution in [2.45, 2.75) is 6.54 Å². The van der Waals surface area contributed by atoms with E-state index in [-0.39, 0.29) is 19.0 Å². The molecule has 0 fully saturated rings. The Balaban J connectivity index is 2.39. The first kappa shape index (κ1) is 9.67. The maximum Gasteiger partial charge on any atom is 0.437 e. The number of nitrogens with zero attached hydrogens (tertiary/aromatic N) is 2. The maximum atomic E-state index is 11.2. The molecule has 78 valence electrons. The average Bonchev–Trinajstić information content (AvgIpc) is 2.63. The number of aromatic nitrogens is 2. The van der Waals surface area contributed by atoms with Gasteiger partial charge in [0, 0.05) is 5.56 Å². The largest absolute Gasteiger partial charge is 0.437 e. The number of hydrogen-bond acceptors (Lipinski definition) is 4. The molecular formula is C10H10N2O3. The van der Waals surface area contributed by atoms with Gasteiger partial charge < -0.3 is 9.52 Å². The zero-order valence-electron chi connectivity index (χ0n) is 7.96.